The zero-order valence-electron chi connectivity index (χ0n) is 26.2. The number of hydrogen-bond acceptors (Lipinski definition) is 6. The number of pyridine rings is 1. The highest BCUT2D eigenvalue weighted by Crippen LogP contribution is 2.46. The van der Waals surface area contributed by atoms with E-state index < -0.39 is 35.9 Å². The zero-order chi connectivity index (χ0) is 32.7. The number of aromatic nitrogens is 1. The Morgan fingerprint density at radius 2 is 1.82 bits per heavy atom. The molecule has 2 heterocycles. The fourth-order valence-corrected chi connectivity index (χ4v) is 6.29. The molecule has 2 aliphatic rings. The highest BCUT2D eigenvalue weighted by Gasteiger charge is 2.42. The third-order valence-electron chi connectivity index (χ3n) is 8.69. The molecule has 0 unspecified atom stereocenters. The highest BCUT2D eigenvalue weighted by atomic mass is 19.4. The molecule has 5 rings (SSSR count). The molecule has 10 heteroatoms. The number of halogens is 3. The number of aryl methyl sites for hydroxylation is 1. The summed E-state index contributed by atoms with van der Waals surface area (Å²) < 4.78 is 57.0. The molecule has 238 valence electrons. The molecule has 1 fully saturated rings. The number of alkyl halides is 3. The van der Waals surface area contributed by atoms with Gasteiger partial charge in [-0.05, 0) is 85.6 Å². The number of methoxy groups -OCH3 is 2. The summed E-state index contributed by atoms with van der Waals surface area (Å²) in [6, 6.07) is 12.2. The van der Waals surface area contributed by atoms with E-state index in [1.807, 2.05) is 25.1 Å². The van der Waals surface area contributed by atoms with Crippen LogP contribution in [-0.4, -0.2) is 48.8 Å². The Morgan fingerprint density at radius 1 is 1.11 bits per heavy atom. The Bertz CT molecular complexity index is 1650. The van der Waals surface area contributed by atoms with Gasteiger partial charge >= 0.3 is 18.2 Å². The van der Waals surface area contributed by atoms with Gasteiger partial charge in [0.2, 0.25) is 0 Å². The van der Waals surface area contributed by atoms with Crippen LogP contribution < -0.4 is 4.74 Å². The molecule has 3 aromatic rings. The van der Waals surface area contributed by atoms with Gasteiger partial charge in [0.05, 0.1) is 43.3 Å². The lowest BCUT2D eigenvalue weighted by molar-refractivity contribution is -0.137. The summed E-state index contributed by atoms with van der Waals surface area (Å²) >= 11 is 0. The smallest absolute Gasteiger partial charge is 0.416 e. The van der Waals surface area contributed by atoms with Crippen molar-refractivity contribution in [2.75, 3.05) is 20.8 Å². The summed E-state index contributed by atoms with van der Waals surface area (Å²) in [6.45, 7) is 8.04. The zero-order valence-corrected chi connectivity index (χ0v) is 26.2. The van der Waals surface area contributed by atoms with Gasteiger partial charge in [-0.2, -0.15) is 13.2 Å². The molecule has 1 aliphatic carbocycles. The van der Waals surface area contributed by atoms with Crippen molar-refractivity contribution in [1.82, 2.24) is 9.88 Å². The number of carbonyl (C=O) groups excluding carboxylic acids is 2. The monoisotopic (exact) mass is 622 g/mol. The maximum atomic E-state index is 13.6. The van der Waals surface area contributed by atoms with Crippen LogP contribution in [0.2, 0.25) is 0 Å². The average molecular weight is 623 g/mol. The fourth-order valence-electron chi connectivity index (χ4n) is 6.29. The van der Waals surface area contributed by atoms with Crippen LogP contribution >= 0.6 is 0 Å². The van der Waals surface area contributed by atoms with Gasteiger partial charge in [-0.1, -0.05) is 37.6 Å². The van der Waals surface area contributed by atoms with E-state index in [1.54, 1.807) is 43.3 Å². The predicted molar refractivity (Wildman–Crippen MR) is 164 cm³/mol. The van der Waals surface area contributed by atoms with Crippen LogP contribution in [0.4, 0.5) is 18.0 Å². The number of ether oxygens (including phenoxy) is 3. The number of allylic oxidation sites excluding steroid dienone is 1. The standard InChI is InChI=1S/C35H37F3N2O5/c1-20-13-24(15-26(14-20)35(36,37)38)31-21(2)40(33(42)45-31)19-25-17-34(3,4)12-11-27(25)28-16-29(39-18-30(28)43-5)22-7-9-23(10-8-22)32(41)44-6/h7-10,13-16,18,21,31H,11-12,17,19H2,1-6H3/t21-,31-/m0/s1. The van der Waals surface area contributed by atoms with Crippen molar-refractivity contribution in [1.29, 1.82) is 0 Å². The molecule has 2 aromatic carbocycles. The van der Waals surface area contributed by atoms with Gasteiger partial charge in [0.1, 0.15) is 11.9 Å². The van der Waals surface area contributed by atoms with E-state index in [0.29, 0.717) is 34.6 Å². The molecule has 2 atom stereocenters. The quantitative estimate of drug-likeness (QED) is 0.246. The number of amides is 1. The minimum atomic E-state index is -4.51. The summed E-state index contributed by atoms with van der Waals surface area (Å²) in [5, 5.41) is 0. The molecular weight excluding hydrogens is 585 g/mol. The Morgan fingerprint density at radius 3 is 2.47 bits per heavy atom. The molecule has 1 aliphatic heterocycles. The fraction of sp³-hybridized carbons (Fsp3) is 0.400. The maximum Gasteiger partial charge on any atom is 0.416 e. The van der Waals surface area contributed by atoms with E-state index >= 15 is 0 Å². The number of rotatable bonds is 7. The van der Waals surface area contributed by atoms with E-state index in [-0.39, 0.29) is 12.0 Å². The SMILES string of the molecule is COC(=O)c1ccc(-c2cc(C3=C(CN4C(=O)O[C@H](c5cc(C)cc(C(F)(F)F)c5)[C@@H]4C)CC(C)(C)CC3)c(OC)cn2)cc1. The largest absolute Gasteiger partial charge is 0.495 e. The lowest BCUT2D eigenvalue weighted by Crippen LogP contribution is -2.35. The van der Waals surface area contributed by atoms with Crippen molar-refractivity contribution in [3.63, 3.8) is 0 Å². The molecule has 1 amide bonds. The second kappa shape index (κ2) is 12.2. The first kappa shape index (κ1) is 32.1. The van der Waals surface area contributed by atoms with E-state index in [9.17, 15) is 22.8 Å². The molecule has 7 nitrogen and oxygen atoms in total. The minimum absolute atomic E-state index is 0.0317. The molecular formula is C35H37F3N2O5. The minimum Gasteiger partial charge on any atom is -0.495 e. The number of carbonyl (C=O) groups is 2. The molecule has 0 N–H and O–H groups in total. The number of nitrogens with zero attached hydrogens (tertiary/aromatic N) is 2. The first-order chi connectivity index (χ1) is 21.2. The third-order valence-corrected chi connectivity index (χ3v) is 8.69. The summed E-state index contributed by atoms with van der Waals surface area (Å²) in [6.07, 6.45) is -1.89. The maximum absolute atomic E-state index is 13.6. The Balaban J connectivity index is 1.51. The van der Waals surface area contributed by atoms with Crippen LogP contribution in [0.3, 0.4) is 0 Å². The van der Waals surface area contributed by atoms with E-state index in [2.05, 4.69) is 18.8 Å². The highest BCUT2D eigenvalue weighted by molar-refractivity contribution is 5.90. The first-order valence-electron chi connectivity index (χ1n) is 14.8. The van der Waals surface area contributed by atoms with Gasteiger partial charge in [0, 0.05) is 17.7 Å². The Labute approximate surface area is 261 Å². The van der Waals surface area contributed by atoms with Crippen LogP contribution in [0.25, 0.3) is 16.8 Å². The number of cyclic esters (lactones) is 1. The molecule has 0 radical (unpaired) electrons. The summed E-state index contributed by atoms with van der Waals surface area (Å²) in [5.74, 6) is 0.163. The third kappa shape index (κ3) is 6.70. The average Bonchev–Trinajstić information content (AvgIpc) is 3.28. The lowest BCUT2D eigenvalue weighted by Gasteiger charge is -2.36. The Hall–Kier alpha value is -4.34. The number of benzene rings is 2. The summed E-state index contributed by atoms with van der Waals surface area (Å²) in [7, 11) is 2.92. The van der Waals surface area contributed by atoms with Gasteiger partial charge in [-0.3, -0.25) is 9.88 Å². The topological polar surface area (TPSA) is 78.0 Å². The van der Waals surface area contributed by atoms with E-state index in [0.717, 1.165) is 47.2 Å². The normalized spacial score (nSPS) is 19.8. The number of hydrogen-bond donors (Lipinski definition) is 0. The van der Waals surface area contributed by atoms with Crippen LogP contribution in [0.5, 0.6) is 5.75 Å². The van der Waals surface area contributed by atoms with Crippen molar-refractivity contribution in [3.8, 4) is 17.0 Å². The van der Waals surface area contributed by atoms with Gasteiger partial charge in [-0.25, -0.2) is 9.59 Å². The molecule has 0 saturated carbocycles. The molecule has 0 spiro atoms. The van der Waals surface area contributed by atoms with Gasteiger partial charge in [0.25, 0.3) is 0 Å². The molecule has 1 saturated heterocycles. The predicted octanol–water partition coefficient (Wildman–Crippen LogP) is 8.42. The van der Waals surface area contributed by atoms with Crippen molar-refractivity contribution < 1.29 is 37.0 Å². The summed E-state index contributed by atoms with van der Waals surface area (Å²) in [5.41, 5.74) is 4.83. The van der Waals surface area contributed by atoms with Crippen molar-refractivity contribution in [3.05, 3.63) is 88.1 Å². The van der Waals surface area contributed by atoms with Crippen molar-refractivity contribution >= 4 is 17.6 Å². The van der Waals surface area contributed by atoms with Gasteiger partial charge < -0.3 is 14.2 Å². The molecule has 0 bridgehead atoms. The van der Waals surface area contributed by atoms with E-state index in [4.69, 9.17) is 14.2 Å². The molecule has 45 heavy (non-hydrogen) atoms. The Kier molecular flexibility index (Phi) is 8.70. The number of esters is 1. The van der Waals surface area contributed by atoms with Gasteiger partial charge in [-0.15, -0.1) is 0 Å². The van der Waals surface area contributed by atoms with Crippen molar-refractivity contribution in [2.24, 2.45) is 5.41 Å². The van der Waals surface area contributed by atoms with Crippen LogP contribution in [0.1, 0.15) is 78.7 Å². The van der Waals surface area contributed by atoms with Gasteiger partial charge in [0.15, 0.2) is 0 Å². The van der Waals surface area contributed by atoms with Crippen LogP contribution in [0.15, 0.2) is 60.3 Å². The second-order valence-corrected chi connectivity index (χ2v) is 12.6. The van der Waals surface area contributed by atoms with Crippen LogP contribution in [-0.2, 0) is 15.7 Å². The van der Waals surface area contributed by atoms with Crippen LogP contribution in [0, 0.1) is 12.3 Å². The lowest BCUT2D eigenvalue weighted by atomic mass is 9.72. The second-order valence-electron chi connectivity index (χ2n) is 12.6. The summed E-state index contributed by atoms with van der Waals surface area (Å²) in [4.78, 5) is 31.4. The first-order valence-corrected chi connectivity index (χ1v) is 14.8. The van der Waals surface area contributed by atoms with Crippen molar-refractivity contribution in [2.45, 2.75) is 65.3 Å². The molecule has 1 aromatic heterocycles. The van der Waals surface area contributed by atoms with E-state index in [1.165, 1.54) is 7.11 Å².